The van der Waals surface area contributed by atoms with Crippen molar-refractivity contribution in [2.24, 2.45) is 10.9 Å². The molecule has 0 unspecified atom stereocenters. The second-order valence-corrected chi connectivity index (χ2v) is 11.0. The van der Waals surface area contributed by atoms with Crippen LogP contribution in [0.25, 0.3) is 11.3 Å². The zero-order chi connectivity index (χ0) is 24.0. The zero-order valence-electron chi connectivity index (χ0n) is 20.8. The normalized spacial score (nSPS) is 20.5. The average Bonchev–Trinajstić information content (AvgIpc) is 3.55. The first kappa shape index (κ1) is 23.4. The van der Waals surface area contributed by atoms with Crippen LogP contribution in [0.1, 0.15) is 64.5 Å². The summed E-state index contributed by atoms with van der Waals surface area (Å²) in [6.07, 6.45) is 5.96. The summed E-state index contributed by atoms with van der Waals surface area (Å²) in [5.74, 6) is 1.53. The number of aromatic nitrogens is 2. The van der Waals surface area contributed by atoms with E-state index in [1.165, 1.54) is 0 Å². The van der Waals surface area contributed by atoms with Crippen LogP contribution < -0.4 is 10.2 Å². The molecule has 2 heterocycles. The Kier molecular flexibility index (Phi) is 6.08. The van der Waals surface area contributed by atoms with Crippen LogP contribution in [0.15, 0.2) is 42.0 Å². The predicted molar refractivity (Wildman–Crippen MR) is 136 cm³/mol. The Bertz CT molecular complexity index is 1050. The van der Waals surface area contributed by atoms with Crippen molar-refractivity contribution >= 4 is 11.5 Å². The van der Waals surface area contributed by atoms with Gasteiger partial charge < -0.3 is 15.3 Å². The number of hydrogen-bond acceptors (Lipinski definition) is 6. The van der Waals surface area contributed by atoms with Gasteiger partial charge in [0.05, 0.1) is 11.4 Å². The third-order valence-corrected chi connectivity index (χ3v) is 6.82. The van der Waals surface area contributed by atoms with Gasteiger partial charge in [0.25, 0.3) is 0 Å². The summed E-state index contributed by atoms with van der Waals surface area (Å²) < 4.78 is 0. The summed E-state index contributed by atoms with van der Waals surface area (Å²) >= 11 is 0. The Morgan fingerprint density at radius 2 is 1.82 bits per heavy atom. The monoisotopic (exact) mass is 447 g/mol. The fourth-order valence-electron chi connectivity index (χ4n) is 5.41. The molecule has 1 saturated carbocycles. The van der Waals surface area contributed by atoms with Gasteiger partial charge in [-0.2, -0.15) is 0 Å². The Hall–Kier alpha value is -2.73. The van der Waals surface area contributed by atoms with E-state index >= 15 is 0 Å². The van der Waals surface area contributed by atoms with Crippen molar-refractivity contribution in [2.45, 2.75) is 77.4 Å². The highest BCUT2D eigenvalue weighted by Crippen LogP contribution is 2.38. The molecule has 2 fully saturated rings. The number of aliphatic imine (C=N–C) groups is 1. The van der Waals surface area contributed by atoms with E-state index in [9.17, 15) is 5.11 Å². The summed E-state index contributed by atoms with van der Waals surface area (Å²) in [5, 5.41) is 23.5. The molecule has 0 bridgehead atoms. The van der Waals surface area contributed by atoms with E-state index in [2.05, 4.69) is 66.7 Å². The minimum Gasteiger partial charge on any atom is -0.507 e. The number of nitrogens with one attached hydrogen (secondary N) is 1. The van der Waals surface area contributed by atoms with Crippen LogP contribution in [0.5, 0.6) is 5.75 Å². The third-order valence-electron chi connectivity index (χ3n) is 6.82. The lowest BCUT2D eigenvalue weighted by Crippen LogP contribution is -2.62. The lowest BCUT2D eigenvalue weighted by atomic mass is 9.79. The predicted octanol–water partition coefficient (Wildman–Crippen LogP) is 5.25. The molecule has 0 amide bonds. The molecular formula is C27H37N5O. The SMILES string of the molecule is C=C/N=C(\c1cc(-c2ccc(N(C)C3CC(C)(C)NC(C)(C)C3)nn2)c(O)cc1C)C1CC1. The lowest BCUT2D eigenvalue weighted by Gasteiger charge is -2.49. The van der Waals surface area contributed by atoms with E-state index < -0.39 is 0 Å². The van der Waals surface area contributed by atoms with Crippen LogP contribution in [0, 0.1) is 12.8 Å². The maximum atomic E-state index is 10.7. The van der Waals surface area contributed by atoms with Gasteiger partial charge in [-0.15, -0.1) is 10.2 Å². The molecule has 176 valence electrons. The first-order valence-corrected chi connectivity index (χ1v) is 11.9. The fraction of sp³-hybridized carbons (Fsp3) is 0.519. The smallest absolute Gasteiger partial charge is 0.151 e. The van der Waals surface area contributed by atoms with E-state index in [-0.39, 0.29) is 16.8 Å². The molecule has 6 nitrogen and oxygen atoms in total. The second-order valence-electron chi connectivity index (χ2n) is 11.0. The van der Waals surface area contributed by atoms with E-state index in [0.717, 1.165) is 48.3 Å². The van der Waals surface area contributed by atoms with Crippen LogP contribution in [0.3, 0.4) is 0 Å². The quantitative estimate of drug-likeness (QED) is 0.592. The fourth-order valence-corrected chi connectivity index (χ4v) is 5.41. The molecule has 1 aliphatic carbocycles. The molecule has 2 N–H and O–H groups in total. The van der Waals surface area contributed by atoms with Crippen molar-refractivity contribution < 1.29 is 5.11 Å². The topological polar surface area (TPSA) is 73.6 Å². The summed E-state index contributed by atoms with van der Waals surface area (Å²) in [7, 11) is 2.10. The minimum absolute atomic E-state index is 0.0599. The molecule has 4 rings (SSSR count). The molecule has 6 heteroatoms. The van der Waals surface area contributed by atoms with E-state index in [1.54, 1.807) is 12.3 Å². The van der Waals surface area contributed by atoms with Crippen molar-refractivity contribution in [1.29, 1.82) is 0 Å². The highest BCUT2D eigenvalue weighted by molar-refractivity contribution is 6.06. The molecule has 0 spiro atoms. The number of nitrogens with zero attached hydrogens (tertiary/aromatic N) is 4. The number of aromatic hydroxyl groups is 1. The molecule has 2 aromatic rings. The van der Waals surface area contributed by atoms with Crippen LogP contribution in [0.4, 0.5) is 5.82 Å². The highest BCUT2D eigenvalue weighted by Gasteiger charge is 2.39. The van der Waals surface area contributed by atoms with Gasteiger partial charge in [0, 0.05) is 47.4 Å². The van der Waals surface area contributed by atoms with Crippen LogP contribution in [0.2, 0.25) is 0 Å². The zero-order valence-corrected chi connectivity index (χ0v) is 20.8. The summed E-state index contributed by atoms with van der Waals surface area (Å²) in [5.41, 5.74) is 4.56. The maximum Gasteiger partial charge on any atom is 0.151 e. The lowest BCUT2D eigenvalue weighted by molar-refractivity contribution is 0.160. The Morgan fingerprint density at radius 1 is 1.15 bits per heavy atom. The van der Waals surface area contributed by atoms with Crippen molar-refractivity contribution in [3.63, 3.8) is 0 Å². The van der Waals surface area contributed by atoms with Gasteiger partial charge in [0.1, 0.15) is 5.75 Å². The molecule has 33 heavy (non-hydrogen) atoms. The number of benzene rings is 1. The number of hydrogen-bond donors (Lipinski definition) is 2. The molecule has 1 aliphatic heterocycles. The van der Waals surface area contributed by atoms with Crippen LogP contribution in [-0.2, 0) is 0 Å². The van der Waals surface area contributed by atoms with E-state index in [1.807, 2.05) is 25.1 Å². The summed E-state index contributed by atoms with van der Waals surface area (Å²) in [6.45, 7) is 14.8. The number of piperidine rings is 1. The Labute approximate surface area is 197 Å². The van der Waals surface area contributed by atoms with Crippen molar-refractivity contribution in [3.8, 4) is 17.0 Å². The van der Waals surface area contributed by atoms with Crippen molar-refractivity contribution in [1.82, 2.24) is 15.5 Å². The molecule has 1 saturated heterocycles. The molecule has 2 aliphatic rings. The van der Waals surface area contributed by atoms with Crippen molar-refractivity contribution in [3.05, 3.63) is 48.2 Å². The van der Waals surface area contributed by atoms with Gasteiger partial charge in [0.2, 0.25) is 0 Å². The third kappa shape index (κ3) is 5.11. The number of aryl methyl sites for hydroxylation is 1. The number of phenolic OH excluding ortho intramolecular Hbond substituents is 1. The average molecular weight is 448 g/mol. The first-order valence-electron chi connectivity index (χ1n) is 11.9. The molecule has 0 atom stereocenters. The van der Waals surface area contributed by atoms with Crippen molar-refractivity contribution in [2.75, 3.05) is 11.9 Å². The van der Waals surface area contributed by atoms with E-state index in [4.69, 9.17) is 0 Å². The Morgan fingerprint density at radius 3 is 2.36 bits per heavy atom. The van der Waals surface area contributed by atoms with Gasteiger partial charge >= 0.3 is 0 Å². The molecule has 1 aromatic carbocycles. The van der Waals surface area contributed by atoms with Gasteiger partial charge in [-0.3, -0.25) is 4.99 Å². The standard InChI is InChI=1S/C27H37N5O/c1-8-28-25(18-9-10-18)20-14-21(23(33)13-17(20)2)22-11-12-24(30-29-22)32(7)19-15-26(3,4)31-27(5,6)16-19/h8,11-14,18-19,31,33H,1,9-10,15-16H2,2-7H3/b28-25-. The number of anilines is 1. The maximum absolute atomic E-state index is 10.7. The first-order chi connectivity index (χ1) is 15.5. The summed E-state index contributed by atoms with van der Waals surface area (Å²) in [6, 6.07) is 8.12. The largest absolute Gasteiger partial charge is 0.507 e. The van der Waals surface area contributed by atoms with Gasteiger partial charge in [0.15, 0.2) is 5.82 Å². The van der Waals surface area contributed by atoms with Gasteiger partial charge in [-0.1, -0.05) is 6.58 Å². The van der Waals surface area contributed by atoms with Gasteiger partial charge in [-0.25, -0.2) is 0 Å². The Balaban J connectivity index is 1.61. The van der Waals surface area contributed by atoms with Gasteiger partial charge in [-0.05, 0) is 90.1 Å². The highest BCUT2D eigenvalue weighted by atomic mass is 16.3. The minimum atomic E-state index is 0.0599. The molecule has 1 aromatic heterocycles. The van der Waals surface area contributed by atoms with Crippen LogP contribution >= 0.6 is 0 Å². The van der Waals surface area contributed by atoms with Crippen LogP contribution in [-0.4, -0.2) is 45.2 Å². The van der Waals surface area contributed by atoms with E-state index in [0.29, 0.717) is 23.2 Å². The molecular weight excluding hydrogens is 410 g/mol. The second kappa shape index (κ2) is 8.56. The number of rotatable bonds is 6. The number of phenols is 1. The molecule has 0 radical (unpaired) electrons. The summed E-state index contributed by atoms with van der Waals surface area (Å²) in [4.78, 5) is 6.78.